The SMILES string of the molecule is CC1CC(NC(=O)CC2(C(=O)[O-])CCC2)C1.[Na+]. The van der Waals surface area contributed by atoms with Gasteiger partial charge in [0.15, 0.2) is 0 Å². The first-order chi connectivity index (χ1) is 7.52. The zero-order valence-corrected chi connectivity index (χ0v) is 12.6. The standard InChI is InChI=1S/C12H19NO3.Na/c1-8-5-9(6-8)13-10(14)7-12(11(15)16)3-2-4-12;/h8-9H,2-7H2,1H3,(H,13,14)(H,15,16);/q;+1/p-1. The Morgan fingerprint density at radius 3 is 2.29 bits per heavy atom. The van der Waals surface area contributed by atoms with E-state index in [1.807, 2.05) is 0 Å². The minimum atomic E-state index is -1.06. The third-order valence-corrected chi connectivity index (χ3v) is 3.98. The van der Waals surface area contributed by atoms with Crippen LogP contribution in [0.1, 0.15) is 45.4 Å². The van der Waals surface area contributed by atoms with Gasteiger partial charge in [0.05, 0.1) is 0 Å². The third-order valence-electron chi connectivity index (χ3n) is 3.98. The summed E-state index contributed by atoms with van der Waals surface area (Å²) in [7, 11) is 0. The predicted molar refractivity (Wildman–Crippen MR) is 56.2 cm³/mol. The fourth-order valence-corrected chi connectivity index (χ4v) is 2.66. The van der Waals surface area contributed by atoms with Crippen molar-refractivity contribution in [3.63, 3.8) is 0 Å². The summed E-state index contributed by atoms with van der Waals surface area (Å²) in [4.78, 5) is 22.6. The Morgan fingerprint density at radius 2 is 1.94 bits per heavy atom. The summed E-state index contributed by atoms with van der Waals surface area (Å²) in [6, 6.07) is 0.265. The van der Waals surface area contributed by atoms with Crippen LogP contribution in [0.25, 0.3) is 0 Å². The molecular weight excluding hydrogens is 229 g/mol. The molecule has 2 saturated carbocycles. The van der Waals surface area contributed by atoms with E-state index in [1.54, 1.807) is 0 Å². The average Bonchev–Trinajstić information content (AvgIpc) is 2.08. The number of carbonyl (C=O) groups excluding carboxylic acids is 2. The summed E-state index contributed by atoms with van der Waals surface area (Å²) < 4.78 is 0. The number of aliphatic carboxylic acids is 1. The first kappa shape index (κ1) is 15.0. The van der Waals surface area contributed by atoms with Crippen LogP contribution < -0.4 is 40.0 Å². The first-order valence-corrected chi connectivity index (χ1v) is 6.03. The molecule has 1 N–H and O–H groups in total. The van der Waals surface area contributed by atoms with E-state index in [2.05, 4.69) is 12.2 Å². The third kappa shape index (κ3) is 3.24. The van der Waals surface area contributed by atoms with Crippen LogP contribution in [0.2, 0.25) is 0 Å². The number of amides is 1. The van der Waals surface area contributed by atoms with Gasteiger partial charge in [-0.3, -0.25) is 4.79 Å². The van der Waals surface area contributed by atoms with E-state index in [4.69, 9.17) is 0 Å². The van der Waals surface area contributed by atoms with Crippen LogP contribution >= 0.6 is 0 Å². The molecule has 2 aliphatic carbocycles. The molecule has 0 radical (unpaired) electrons. The molecule has 0 aromatic rings. The number of hydrogen-bond donors (Lipinski definition) is 1. The molecule has 2 rings (SSSR count). The Bertz CT molecular complexity index is 309. The molecule has 0 atom stereocenters. The summed E-state index contributed by atoms with van der Waals surface area (Å²) in [5.74, 6) is -0.499. The van der Waals surface area contributed by atoms with Crippen LogP contribution in [0.3, 0.4) is 0 Å². The molecule has 0 aromatic carbocycles. The van der Waals surface area contributed by atoms with Gasteiger partial charge < -0.3 is 15.2 Å². The maximum absolute atomic E-state index is 11.7. The minimum absolute atomic E-state index is 0. The Morgan fingerprint density at radius 1 is 1.35 bits per heavy atom. The van der Waals surface area contributed by atoms with Gasteiger partial charge in [0.25, 0.3) is 0 Å². The second-order valence-electron chi connectivity index (χ2n) is 5.44. The van der Waals surface area contributed by atoms with Gasteiger partial charge in [-0.1, -0.05) is 13.3 Å². The van der Waals surface area contributed by atoms with Gasteiger partial charge in [-0.25, -0.2) is 0 Å². The zero-order chi connectivity index (χ0) is 11.8. The maximum Gasteiger partial charge on any atom is 1.00 e. The van der Waals surface area contributed by atoms with Crippen LogP contribution in [0, 0.1) is 11.3 Å². The molecule has 2 fully saturated rings. The summed E-state index contributed by atoms with van der Waals surface area (Å²) in [5.41, 5.74) is -0.862. The van der Waals surface area contributed by atoms with E-state index < -0.39 is 11.4 Å². The van der Waals surface area contributed by atoms with Crippen molar-refractivity contribution in [2.24, 2.45) is 11.3 Å². The maximum atomic E-state index is 11.7. The van der Waals surface area contributed by atoms with Crippen LogP contribution in [0.4, 0.5) is 0 Å². The summed E-state index contributed by atoms with van der Waals surface area (Å²) in [6.45, 7) is 2.15. The van der Waals surface area contributed by atoms with Crippen molar-refractivity contribution in [2.75, 3.05) is 0 Å². The first-order valence-electron chi connectivity index (χ1n) is 6.03. The van der Waals surface area contributed by atoms with E-state index in [0.29, 0.717) is 18.8 Å². The molecule has 0 unspecified atom stereocenters. The molecule has 90 valence electrons. The van der Waals surface area contributed by atoms with Gasteiger partial charge in [-0.2, -0.15) is 0 Å². The zero-order valence-electron chi connectivity index (χ0n) is 10.6. The number of carboxylic acids is 1. The molecule has 0 spiro atoms. The van der Waals surface area contributed by atoms with Crippen LogP contribution in [0.5, 0.6) is 0 Å². The Kier molecular flexibility index (Phi) is 5.05. The molecule has 0 bridgehead atoms. The molecule has 1 amide bonds. The van der Waals surface area contributed by atoms with Crippen molar-refractivity contribution >= 4 is 11.9 Å². The topological polar surface area (TPSA) is 69.2 Å². The second kappa shape index (κ2) is 5.72. The number of hydrogen-bond acceptors (Lipinski definition) is 3. The monoisotopic (exact) mass is 247 g/mol. The van der Waals surface area contributed by atoms with Gasteiger partial charge >= 0.3 is 29.6 Å². The van der Waals surface area contributed by atoms with E-state index >= 15 is 0 Å². The fourth-order valence-electron chi connectivity index (χ4n) is 2.66. The molecular formula is C12H18NNaO3. The van der Waals surface area contributed by atoms with Gasteiger partial charge in [0.1, 0.15) is 0 Å². The average molecular weight is 247 g/mol. The van der Waals surface area contributed by atoms with Gasteiger partial charge in [-0.05, 0) is 31.6 Å². The van der Waals surface area contributed by atoms with Gasteiger partial charge in [-0.15, -0.1) is 0 Å². The molecule has 5 heteroatoms. The largest absolute Gasteiger partial charge is 1.00 e. The van der Waals surface area contributed by atoms with Crippen molar-refractivity contribution in [1.29, 1.82) is 0 Å². The molecule has 0 saturated heterocycles. The van der Waals surface area contributed by atoms with Crippen LogP contribution in [0.15, 0.2) is 0 Å². The molecule has 0 heterocycles. The predicted octanol–water partition coefficient (Wildman–Crippen LogP) is -2.78. The van der Waals surface area contributed by atoms with Crippen molar-refractivity contribution in [1.82, 2.24) is 5.32 Å². The Hall–Kier alpha value is -0.0600. The molecule has 4 nitrogen and oxygen atoms in total. The summed E-state index contributed by atoms with van der Waals surface area (Å²) in [6.07, 6.45) is 4.20. The quantitative estimate of drug-likeness (QED) is 0.546. The molecule has 0 aromatic heterocycles. The van der Waals surface area contributed by atoms with Crippen molar-refractivity contribution in [3.8, 4) is 0 Å². The number of carboxylic acid groups (broad SMARTS) is 1. The van der Waals surface area contributed by atoms with Crippen molar-refractivity contribution in [3.05, 3.63) is 0 Å². The molecule has 2 aliphatic rings. The minimum Gasteiger partial charge on any atom is -0.550 e. The molecule has 0 aliphatic heterocycles. The molecule has 17 heavy (non-hydrogen) atoms. The van der Waals surface area contributed by atoms with Crippen LogP contribution in [-0.4, -0.2) is 17.9 Å². The summed E-state index contributed by atoms with van der Waals surface area (Å²) >= 11 is 0. The van der Waals surface area contributed by atoms with E-state index in [0.717, 1.165) is 19.3 Å². The van der Waals surface area contributed by atoms with Gasteiger partial charge in [0.2, 0.25) is 5.91 Å². The smallest absolute Gasteiger partial charge is 0.550 e. The Labute approximate surface area is 124 Å². The number of carbonyl (C=O) groups is 2. The van der Waals surface area contributed by atoms with Crippen molar-refractivity contribution < 1.29 is 44.3 Å². The summed E-state index contributed by atoms with van der Waals surface area (Å²) in [5, 5.41) is 13.9. The van der Waals surface area contributed by atoms with Gasteiger partial charge in [0, 0.05) is 23.8 Å². The van der Waals surface area contributed by atoms with E-state index in [-0.39, 0.29) is 47.9 Å². The second-order valence-corrected chi connectivity index (χ2v) is 5.44. The van der Waals surface area contributed by atoms with E-state index in [1.165, 1.54) is 0 Å². The number of rotatable bonds is 4. The van der Waals surface area contributed by atoms with Crippen LogP contribution in [-0.2, 0) is 9.59 Å². The van der Waals surface area contributed by atoms with Crippen molar-refractivity contribution in [2.45, 2.75) is 51.5 Å². The normalized spacial score (nSPS) is 29.2. The fraction of sp³-hybridized carbons (Fsp3) is 0.833. The van der Waals surface area contributed by atoms with E-state index in [9.17, 15) is 14.7 Å². The number of nitrogens with one attached hydrogen (secondary N) is 1. The Balaban J connectivity index is 0.00000144.